The van der Waals surface area contributed by atoms with Gasteiger partial charge in [-0.25, -0.2) is 4.98 Å². The topological polar surface area (TPSA) is 76.2 Å². The van der Waals surface area contributed by atoms with E-state index in [4.69, 9.17) is 16.0 Å². The average Bonchev–Trinajstić information content (AvgIpc) is 3.23. The van der Waals surface area contributed by atoms with Gasteiger partial charge in [0, 0.05) is 20.6 Å². The van der Waals surface area contributed by atoms with Crippen LogP contribution in [0.3, 0.4) is 0 Å². The summed E-state index contributed by atoms with van der Waals surface area (Å²) >= 11 is 9.40. The number of benzene rings is 2. The van der Waals surface area contributed by atoms with Crippen LogP contribution in [0.5, 0.6) is 0 Å². The molecule has 2 heterocycles. The third-order valence-corrected chi connectivity index (χ3v) is 4.59. The lowest BCUT2D eigenvalue weighted by Crippen LogP contribution is -2.03. The Hall–Kier alpha value is -3.03. The fourth-order valence-corrected chi connectivity index (χ4v) is 2.84. The molecule has 0 amide bonds. The van der Waals surface area contributed by atoms with Crippen molar-refractivity contribution in [3.05, 3.63) is 82.2 Å². The molecule has 0 atom stereocenters. The van der Waals surface area contributed by atoms with Gasteiger partial charge in [-0.15, -0.1) is 10.2 Å². The van der Waals surface area contributed by atoms with Gasteiger partial charge in [0.2, 0.25) is 0 Å². The van der Waals surface area contributed by atoms with Crippen LogP contribution in [0.4, 0.5) is 5.82 Å². The van der Waals surface area contributed by atoms with Crippen LogP contribution < -0.4 is 5.43 Å². The minimum Gasteiger partial charge on any atom is -0.463 e. The van der Waals surface area contributed by atoms with E-state index in [1.807, 2.05) is 36.4 Å². The first-order valence-corrected chi connectivity index (χ1v) is 9.45. The van der Waals surface area contributed by atoms with Crippen molar-refractivity contribution in [2.45, 2.75) is 0 Å². The van der Waals surface area contributed by atoms with Gasteiger partial charge >= 0.3 is 0 Å². The summed E-state index contributed by atoms with van der Waals surface area (Å²) in [7, 11) is 0. The zero-order valence-corrected chi connectivity index (χ0v) is 16.7. The number of hydrogen-bond acceptors (Lipinski definition) is 6. The first-order valence-electron chi connectivity index (χ1n) is 8.28. The Morgan fingerprint density at radius 2 is 1.71 bits per heavy atom. The lowest BCUT2D eigenvalue weighted by Gasteiger charge is -2.09. The summed E-state index contributed by atoms with van der Waals surface area (Å²) in [6.45, 7) is 0. The van der Waals surface area contributed by atoms with Crippen molar-refractivity contribution in [2.75, 3.05) is 5.43 Å². The molecule has 28 heavy (non-hydrogen) atoms. The Bertz CT molecular complexity index is 1100. The molecule has 6 nitrogen and oxygen atoms in total. The Balaban J connectivity index is 1.72. The van der Waals surface area contributed by atoms with E-state index in [0.717, 1.165) is 15.6 Å². The molecule has 1 N–H and O–H groups in total. The van der Waals surface area contributed by atoms with Crippen LogP contribution in [0.25, 0.3) is 22.6 Å². The Kier molecular flexibility index (Phi) is 5.45. The minimum atomic E-state index is 0.466. The quantitative estimate of drug-likeness (QED) is 0.311. The highest BCUT2D eigenvalue weighted by molar-refractivity contribution is 9.10. The first-order chi connectivity index (χ1) is 13.7. The van der Waals surface area contributed by atoms with Gasteiger partial charge in [0.05, 0.1) is 12.5 Å². The molecule has 0 aliphatic rings. The number of nitrogens with one attached hydrogen (secondary N) is 1. The molecular formula is C20H13BrClN5O. The zero-order valence-electron chi connectivity index (χ0n) is 14.4. The van der Waals surface area contributed by atoms with Crippen LogP contribution in [0.1, 0.15) is 5.76 Å². The largest absolute Gasteiger partial charge is 0.463 e. The van der Waals surface area contributed by atoms with E-state index in [0.29, 0.717) is 28.1 Å². The predicted molar refractivity (Wildman–Crippen MR) is 113 cm³/mol. The van der Waals surface area contributed by atoms with Crippen molar-refractivity contribution in [1.29, 1.82) is 0 Å². The monoisotopic (exact) mass is 453 g/mol. The molecule has 0 bridgehead atoms. The van der Waals surface area contributed by atoms with E-state index in [1.165, 1.54) is 0 Å². The summed E-state index contributed by atoms with van der Waals surface area (Å²) in [5.74, 6) is 1.57. The third-order valence-electron chi connectivity index (χ3n) is 3.81. The molecule has 4 rings (SSSR count). The highest BCUT2D eigenvalue weighted by Gasteiger charge is 2.12. The first kappa shape index (κ1) is 18.3. The fraction of sp³-hybridized carbons (Fsp3) is 0. The molecule has 0 radical (unpaired) electrons. The van der Waals surface area contributed by atoms with Crippen molar-refractivity contribution >= 4 is 39.6 Å². The summed E-state index contributed by atoms with van der Waals surface area (Å²) in [5, 5.41) is 13.5. The Morgan fingerprint density at radius 3 is 2.43 bits per heavy atom. The van der Waals surface area contributed by atoms with Gasteiger partial charge in [-0.05, 0) is 48.5 Å². The predicted octanol–water partition coefficient (Wildman–Crippen LogP) is 5.66. The van der Waals surface area contributed by atoms with Crippen LogP contribution >= 0.6 is 27.5 Å². The van der Waals surface area contributed by atoms with E-state index in [1.54, 1.807) is 36.7 Å². The highest BCUT2D eigenvalue weighted by Crippen LogP contribution is 2.27. The molecule has 8 heteroatoms. The van der Waals surface area contributed by atoms with Crippen molar-refractivity contribution in [3.63, 3.8) is 0 Å². The number of hydrazone groups is 1. The van der Waals surface area contributed by atoms with Gasteiger partial charge < -0.3 is 4.42 Å². The SMILES string of the molecule is Clc1ccc(-c2nnc(-c3ccc(Br)cc3)c(NN=Cc3ccco3)n2)cc1. The van der Waals surface area contributed by atoms with Gasteiger partial charge in [-0.1, -0.05) is 39.7 Å². The summed E-state index contributed by atoms with van der Waals surface area (Å²) < 4.78 is 6.22. The molecular weight excluding hydrogens is 442 g/mol. The Labute approximate surface area is 174 Å². The maximum absolute atomic E-state index is 5.97. The lowest BCUT2D eigenvalue weighted by atomic mass is 10.1. The zero-order chi connectivity index (χ0) is 19.3. The van der Waals surface area contributed by atoms with Gasteiger partial charge in [-0.3, -0.25) is 5.43 Å². The maximum atomic E-state index is 5.97. The van der Waals surface area contributed by atoms with E-state index in [9.17, 15) is 0 Å². The number of furan rings is 1. The number of nitrogens with zero attached hydrogens (tertiary/aromatic N) is 4. The molecule has 0 aliphatic heterocycles. The summed E-state index contributed by atoms with van der Waals surface area (Å²) in [6.07, 6.45) is 3.15. The van der Waals surface area contributed by atoms with Crippen molar-refractivity contribution in [1.82, 2.24) is 15.2 Å². The number of anilines is 1. The van der Waals surface area contributed by atoms with E-state index < -0.39 is 0 Å². The van der Waals surface area contributed by atoms with Crippen molar-refractivity contribution < 1.29 is 4.42 Å². The number of halogens is 2. The number of aromatic nitrogens is 3. The molecule has 4 aromatic rings. The third kappa shape index (κ3) is 4.27. The number of rotatable bonds is 5. The van der Waals surface area contributed by atoms with E-state index in [-0.39, 0.29) is 0 Å². The van der Waals surface area contributed by atoms with Crippen LogP contribution in [-0.2, 0) is 0 Å². The minimum absolute atomic E-state index is 0.466. The molecule has 2 aromatic heterocycles. The average molecular weight is 455 g/mol. The molecule has 0 saturated heterocycles. The molecule has 138 valence electrons. The standard InChI is InChI=1S/C20H13BrClN5O/c21-15-7-3-13(4-8-15)18-20(26-23-12-17-2-1-11-28-17)24-19(27-25-18)14-5-9-16(22)10-6-14/h1-12H,(H,24,26,27). The molecule has 0 unspecified atom stereocenters. The molecule has 0 fully saturated rings. The smallest absolute Gasteiger partial charge is 0.183 e. The lowest BCUT2D eigenvalue weighted by molar-refractivity contribution is 0.560. The normalized spacial score (nSPS) is 11.1. The van der Waals surface area contributed by atoms with Gasteiger partial charge in [0.25, 0.3) is 0 Å². The second kappa shape index (κ2) is 8.33. The highest BCUT2D eigenvalue weighted by atomic mass is 79.9. The van der Waals surface area contributed by atoms with Crippen molar-refractivity contribution in [2.24, 2.45) is 5.10 Å². The Morgan fingerprint density at radius 1 is 0.964 bits per heavy atom. The van der Waals surface area contributed by atoms with Crippen LogP contribution in [-0.4, -0.2) is 21.4 Å². The van der Waals surface area contributed by atoms with Gasteiger partial charge in [-0.2, -0.15) is 5.10 Å². The molecule has 2 aromatic carbocycles. The molecule has 0 saturated carbocycles. The summed E-state index contributed by atoms with van der Waals surface area (Å²) in [5.41, 5.74) is 5.19. The van der Waals surface area contributed by atoms with Gasteiger partial charge in [0.15, 0.2) is 11.6 Å². The summed E-state index contributed by atoms with van der Waals surface area (Å²) in [6, 6.07) is 18.6. The second-order valence-electron chi connectivity index (χ2n) is 5.73. The fourth-order valence-electron chi connectivity index (χ4n) is 2.45. The second-order valence-corrected chi connectivity index (χ2v) is 7.08. The molecule has 0 spiro atoms. The molecule has 0 aliphatic carbocycles. The van der Waals surface area contributed by atoms with Crippen LogP contribution in [0.15, 0.2) is 80.9 Å². The van der Waals surface area contributed by atoms with E-state index in [2.05, 4.69) is 41.6 Å². The number of hydrogen-bond donors (Lipinski definition) is 1. The van der Waals surface area contributed by atoms with E-state index >= 15 is 0 Å². The van der Waals surface area contributed by atoms with Crippen LogP contribution in [0, 0.1) is 0 Å². The van der Waals surface area contributed by atoms with Crippen LogP contribution in [0.2, 0.25) is 5.02 Å². The maximum Gasteiger partial charge on any atom is 0.183 e. The summed E-state index contributed by atoms with van der Waals surface area (Å²) in [4.78, 5) is 4.61. The van der Waals surface area contributed by atoms with Gasteiger partial charge in [0.1, 0.15) is 11.5 Å². The van der Waals surface area contributed by atoms with Crippen molar-refractivity contribution in [3.8, 4) is 22.6 Å².